The number of ether oxygens (including phenoxy) is 1. The molecule has 1 saturated carbocycles. The predicted octanol–water partition coefficient (Wildman–Crippen LogP) is 2.96. The van der Waals surface area contributed by atoms with Gasteiger partial charge in [0.25, 0.3) is 0 Å². The van der Waals surface area contributed by atoms with Gasteiger partial charge in [-0.1, -0.05) is 40.0 Å². The van der Waals surface area contributed by atoms with Crippen LogP contribution in [0.2, 0.25) is 0 Å². The summed E-state index contributed by atoms with van der Waals surface area (Å²) in [4.78, 5) is 0. The van der Waals surface area contributed by atoms with E-state index in [0.717, 1.165) is 12.5 Å². The number of nitrogens with two attached hydrogens (primary N) is 1. The fraction of sp³-hybridized carbons (Fsp3) is 1.00. The maximum Gasteiger partial charge on any atom is 0.0623 e. The molecule has 15 heavy (non-hydrogen) atoms. The highest BCUT2D eigenvalue weighted by Crippen LogP contribution is 2.28. The van der Waals surface area contributed by atoms with Crippen LogP contribution in [-0.4, -0.2) is 18.8 Å². The first kappa shape index (κ1) is 13.0. The second kappa shape index (κ2) is 6.49. The molecule has 0 aromatic rings. The molecule has 3 atom stereocenters. The van der Waals surface area contributed by atoms with Gasteiger partial charge in [-0.15, -0.1) is 0 Å². The van der Waals surface area contributed by atoms with Crippen molar-refractivity contribution in [2.75, 3.05) is 6.61 Å². The van der Waals surface area contributed by atoms with E-state index >= 15 is 0 Å². The quantitative estimate of drug-likeness (QED) is 0.762. The molecule has 2 N–H and O–H groups in total. The molecule has 0 saturated heterocycles. The predicted molar refractivity (Wildman–Crippen MR) is 64.8 cm³/mol. The summed E-state index contributed by atoms with van der Waals surface area (Å²) >= 11 is 0. The third kappa shape index (κ3) is 4.52. The highest BCUT2D eigenvalue weighted by molar-refractivity contribution is 4.74. The van der Waals surface area contributed by atoms with E-state index in [-0.39, 0.29) is 6.04 Å². The highest BCUT2D eigenvalue weighted by Gasteiger charge is 2.22. The Balaban J connectivity index is 2.20. The SMILES string of the molecule is CCC1CCCC(OCC(N)C(C)C)C1. The van der Waals surface area contributed by atoms with Crippen molar-refractivity contribution in [1.29, 1.82) is 0 Å². The van der Waals surface area contributed by atoms with E-state index < -0.39 is 0 Å². The Morgan fingerprint density at radius 2 is 2.07 bits per heavy atom. The molecule has 0 heterocycles. The molecule has 1 aliphatic rings. The second-order valence-corrected chi connectivity index (χ2v) is 5.30. The molecule has 0 spiro atoms. The van der Waals surface area contributed by atoms with E-state index in [9.17, 15) is 0 Å². The van der Waals surface area contributed by atoms with Crippen LogP contribution in [0.4, 0.5) is 0 Å². The molecule has 0 radical (unpaired) electrons. The van der Waals surface area contributed by atoms with Crippen LogP contribution in [-0.2, 0) is 4.74 Å². The molecule has 0 bridgehead atoms. The third-order valence-electron chi connectivity index (χ3n) is 3.69. The summed E-state index contributed by atoms with van der Waals surface area (Å²) in [5.41, 5.74) is 5.98. The Morgan fingerprint density at radius 3 is 2.67 bits per heavy atom. The average molecular weight is 213 g/mol. The number of hydrogen-bond acceptors (Lipinski definition) is 2. The van der Waals surface area contributed by atoms with Gasteiger partial charge >= 0.3 is 0 Å². The van der Waals surface area contributed by atoms with Crippen molar-refractivity contribution < 1.29 is 4.74 Å². The summed E-state index contributed by atoms with van der Waals surface area (Å²) in [7, 11) is 0. The minimum absolute atomic E-state index is 0.201. The summed E-state index contributed by atoms with van der Waals surface area (Å²) in [5, 5.41) is 0. The van der Waals surface area contributed by atoms with Crippen LogP contribution < -0.4 is 5.73 Å². The second-order valence-electron chi connectivity index (χ2n) is 5.30. The maximum absolute atomic E-state index is 5.98. The minimum Gasteiger partial charge on any atom is -0.377 e. The summed E-state index contributed by atoms with van der Waals surface area (Å²) < 4.78 is 5.91. The Kier molecular flexibility index (Phi) is 5.62. The molecule has 1 rings (SSSR count). The molecule has 2 nitrogen and oxygen atoms in total. The number of rotatable bonds is 5. The van der Waals surface area contributed by atoms with E-state index in [2.05, 4.69) is 20.8 Å². The van der Waals surface area contributed by atoms with Gasteiger partial charge in [0.2, 0.25) is 0 Å². The van der Waals surface area contributed by atoms with Crippen molar-refractivity contribution >= 4 is 0 Å². The monoisotopic (exact) mass is 213 g/mol. The largest absolute Gasteiger partial charge is 0.377 e. The lowest BCUT2D eigenvalue weighted by Gasteiger charge is -2.29. The minimum atomic E-state index is 0.201. The van der Waals surface area contributed by atoms with Crippen LogP contribution in [0.25, 0.3) is 0 Å². The van der Waals surface area contributed by atoms with Gasteiger partial charge in [0.05, 0.1) is 12.7 Å². The third-order valence-corrected chi connectivity index (χ3v) is 3.69. The van der Waals surface area contributed by atoms with Crippen molar-refractivity contribution in [3.05, 3.63) is 0 Å². The van der Waals surface area contributed by atoms with Crippen LogP contribution in [0.1, 0.15) is 52.9 Å². The maximum atomic E-state index is 5.98. The van der Waals surface area contributed by atoms with Gasteiger partial charge in [-0.2, -0.15) is 0 Å². The van der Waals surface area contributed by atoms with Crippen LogP contribution >= 0.6 is 0 Å². The van der Waals surface area contributed by atoms with Crippen molar-refractivity contribution in [3.63, 3.8) is 0 Å². The summed E-state index contributed by atoms with van der Waals surface area (Å²) in [6, 6.07) is 0.201. The standard InChI is InChI=1S/C13H27NO/c1-4-11-6-5-7-12(8-11)15-9-13(14)10(2)3/h10-13H,4-9,14H2,1-3H3. The zero-order valence-corrected chi connectivity index (χ0v) is 10.5. The van der Waals surface area contributed by atoms with E-state index in [1.54, 1.807) is 0 Å². The molecule has 0 aromatic heterocycles. The molecule has 1 aliphatic carbocycles. The Morgan fingerprint density at radius 1 is 1.33 bits per heavy atom. The molecule has 90 valence electrons. The molecule has 0 amide bonds. The van der Waals surface area contributed by atoms with Crippen molar-refractivity contribution in [3.8, 4) is 0 Å². The van der Waals surface area contributed by atoms with E-state index in [0.29, 0.717) is 12.0 Å². The molecular formula is C13H27NO. The smallest absolute Gasteiger partial charge is 0.0623 e. The molecule has 0 aliphatic heterocycles. The normalized spacial score (nSPS) is 29.4. The van der Waals surface area contributed by atoms with E-state index in [1.165, 1.54) is 32.1 Å². The molecule has 2 heteroatoms. The first-order valence-electron chi connectivity index (χ1n) is 6.50. The van der Waals surface area contributed by atoms with Crippen molar-refractivity contribution in [2.45, 2.75) is 65.0 Å². The van der Waals surface area contributed by atoms with Crippen molar-refractivity contribution in [1.82, 2.24) is 0 Å². The van der Waals surface area contributed by atoms with Crippen LogP contribution in [0.15, 0.2) is 0 Å². The lowest BCUT2D eigenvalue weighted by Crippen LogP contribution is -2.35. The van der Waals surface area contributed by atoms with Gasteiger partial charge in [-0.3, -0.25) is 0 Å². The lowest BCUT2D eigenvalue weighted by molar-refractivity contribution is 0.00111. The Bertz CT molecular complexity index is 170. The van der Waals surface area contributed by atoms with Crippen molar-refractivity contribution in [2.24, 2.45) is 17.6 Å². The highest BCUT2D eigenvalue weighted by atomic mass is 16.5. The molecular weight excluding hydrogens is 186 g/mol. The summed E-state index contributed by atoms with van der Waals surface area (Å²) in [5.74, 6) is 1.41. The van der Waals surface area contributed by atoms with Crippen LogP contribution in [0.5, 0.6) is 0 Å². The first-order chi connectivity index (χ1) is 7.13. The lowest BCUT2D eigenvalue weighted by atomic mass is 9.85. The molecule has 1 fully saturated rings. The summed E-state index contributed by atoms with van der Waals surface area (Å²) in [6.07, 6.45) is 7.00. The molecule has 0 aromatic carbocycles. The summed E-state index contributed by atoms with van der Waals surface area (Å²) in [6.45, 7) is 7.33. The van der Waals surface area contributed by atoms with Gasteiger partial charge < -0.3 is 10.5 Å². The fourth-order valence-corrected chi connectivity index (χ4v) is 2.20. The van der Waals surface area contributed by atoms with Gasteiger partial charge in [-0.05, 0) is 24.7 Å². The van der Waals surface area contributed by atoms with Crippen LogP contribution in [0, 0.1) is 11.8 Å². The zero-order chi connectivity index (χ0) is 11.3. The fourth-order valence-electron chi connectivity index (χ4n) is 2.20. The first-order valence-corrected chi connectivity index (χ1v) is 6.50. The molecule has 3 unspecified atom stereocenters. The Hall–Kier alpha value is -0.0800. The van der Waals surface area contributed by atoms with Crippen LogP contribution in [0.3, 0.4) is 0 Å². The van der Waals surface area contributed by atoms with Gasteiger partial charge in [-0.25, -0.2) is 0 Å². The Labute approximate surface area is 94.6 Å². The van der Waals surface area contributed by atoms with Gasteiger partial charge in [0.15, 0.2) is 0 Å². The van der Waals surface area contributed by atoms with E-state index in [4.69, 9.17) is 10.5 Å². The number of hydrogen-bond donors (Lipinski definition) is 1. The van der Waals surface area contributed by atoms with Gasteiger partial charge in [0, 0.05) is 6.04 Å². The van der Waals surface area contributed by atoms with E-state index in [1.807, 2.05) is 0 Å². The topological polar surface area (TPSA) is 35.2 Å². The average Bonchev–Trinajstić information content (AvgIpc) is 2.26. The van der Waals surface area contributed by atoms with Gasteiger partial charge in [0.1, 0.15) is 0 Å². The zero-order valence-electron chi connectivity index (χ0n) is 10.5.